The Morgan fingerprint density at radius 1 is 1.38 bits per heavy atom. The van der Waals surface area contributed by atoms with Crippen molar-refractivity contribution in [2.24, 2.45) is 5.73 Å². The van der Waals surface area contributed by atoms with E-state index in [1.807, 2.05) is 4.90 Å². The summed E-state index contributed by atoms with van der Waals surface area (Å²) in [7, 11) is 0. The van der Waals surface area contributed by atoms with Gasteiger partial charge in [-0.15, -0.1) is 0 Å². The molecule has 0 saturated carbocycles. The van der Waals surface area contributed by atoms with Gasteiger partial charge in [0.05, 0.1) is 6.54 Å². The first kappa shape index (κ1) is 12.9. The third-order valence-electron chi connectivity index (χ3n) is 2.50. The summed E-state index contributed by atoms with van der Waals surface area (Å²) in [4.78, 5) is 24.0. The van der Waals surface area contributed by atoms with Crippen LogP contribution in [0, 0.1) is 0 Å². The quantitative estimate of drug-likeness (QED) is 0.488. The van der Waals surface area contributed by atoms with Gasteiger partial charge in [-0.2, -0.15) is 0 Å². The molecule has 1 aliphatic heterocycles. The number of carbonyl (C=O) groups is 2. The van der Waals surface area contributed by atoms with Gasteiger partial charge in [-0.25, -0.2) is 0 Å². The summed E-state index contributed by atoms with van der Waals surface area (Å²) in [6, 6.07) is 0.201. The molecule has 1 aliphatic rings. The summed E-state index contributed by atoms with van der Waals surface area (Å²) in [5.41, 5.74) is 5.73. The summed E-state index contributed by atoms with van der Waals surface area (Å²) in [6.45, 7) is 4.47. The predicted molar refractivity (Wildman–Crippen MR) is 60.7 cm³/mol. The summed E-state index contributed by atoms with van der Waals surface area (Å²) < 4.78 is 0. The second-order valence-corrected chi connectivity index (χ2v) is 4.12. The fourth-order valence-electron chi connectivity index (χ4n) is 1.71. The highest BCUT2D eigenvalue weighted by molar-refractivity contribution is 5.78. The SMILES string of the molecule is CC(=O)NCCNC(=O)CN1CCC(N)C1. The Kier molecular flexibility index (Phi) is 5.21. The van der Waals surface area contributed by atoms with E-state index in [1.165, 1.54) is 6.92 Å². The van der Waals surface area contributed by atoms with Crippen molar-refractivity contribution in [3.63, 3.8) is 0 Å². The van der Waals surface area contributed by atoms with E-state index in [-0.39, 0.29) is 17.9 Å². The third-order valence-corrected chi connectivity index (χ3v) is 2.50. The van der Waals surface area contributed by atoms with E-state index in [0.717, 1.165) is 19.5 Å². The Labute approximate surface area is 95.5 Å². The van der Waals surface area contributed by atoms with E-state index >= 15 is 0 Å². The topological polar surface area (TPSA) is 87.5 Å². The van der Waals surface area contributed by atoms with Gasteiger partial charge >= 0.3 is 0 Å². The molecule has 2 amide bonds. The third kappa shape index (κ3) is 5.09. The van der Waals surface area contributed by atoms with Gasteiger partial charge in [0, 0.05) is 39.1 Å². The van der Waals surface area contributed by atoms with E-state index < -0.39 is 0 Å². The Balaban J connectivity index is 2.05. The van der Waals surface area contributed by atoms with Crippen LogP contribution in [0.3, 0.4) is 0 Å². The number of likely N-dealkylation sites (tertiary alicyclic amines) is 1. The van der Waals surface area contributed by atoms with Crippen LogP contribution in [0.15, 0.2) is 0 Å². The van der Waals surface area contributed by atoms with Crippen LogP contribution in [0.2, 0.25) is 0 Å². The molecule has 4 N–H and O–H groups in total. The lowest BCUT2D eigenvalue weighted by Crippen LogP contribution is -2.40. The molecule has 0 aromatic carbocycles. The number of nitrogens with two attached hydrogens (primary N) is 1. The minimum atomic E-state index is -0.0836. The maximum atomic E-state index is 11.4. The van der Waals surface area contributed by atoms with Crippen molar-refractivity contribution in [1.29, 1.82) is 0 Å². The van der Waals surface area contributed by atoms with E-state index in [1.54, 1.807) is 0 Å². The van der Waals surface area contributed by atoms with Crippen molar-refractivity contribution in [2.75, 3.05) is 32.7 Å². The van der Waals surface area contributed by atoms with Crippen LogP contribution in [-0.2, 0) is 9.59 Å². The Bertz CT molecular complexity index is 257. The highest BCUT2D eigenvalue weighted by atomic mass is 16.2. The van der Waals surface area contributed by atoms with Gasteiger partial charge in [0.2, 0.25) is 11.8 Å². The minimum Gasteiger partial charge on any atom is -0.355 e. The van der Waals surface area contributed by atoms with E-state index in [4.69, 9.17) is 5.73 Å². The molecule has 1 rings (SSSR count). The lowest BCUT2D eigenvalue weighted by atomic mass is 10.3. The highest BCUT2D eigenvalue weighted by Crippen LogP contribution is 2.05. The molecule has 92 valence electrons. The number of nitrogens with zero attached hydrogens (tertiary/aromatic N) is 1. The molecule has 1 unspecified atom stereocenters. The van der Waals surface area contributed by atoms with Crippen LogP contribution in [0.25, 0.3) is 0 Å². The van der Waals surface area contributed by atoms with Gasteiger partial charge in [0.15, 0.2) is 0 Å². The van der Waals surface area contributed by atoms with Crippen molar-refractivity contribution in [1.82, 2.24) is 15.5 Å². The average molecular weight is 228 g/mol. The minimum absolute atomic E-state index is 0.0144. The van der Waals surface area contributed by atoms with Gasteiger partial charge in [-0.1, -0.05) is 0 Å². The van der Waals surface area contributed by atoms with Crippen molar-refractivity contribution < 1.29 is 9.59 Å². The molecule has 16 heavy (non-hydrogen) atoms. The zero-order valence-electron chi connectivity index (χ0n) is 9.66. The Morgan fingerprint density at radius 3 is 2.62 bits per heavy atom. The van der Waals surface area contributed by atoms with Gasteiger partial charge < -0.3 is 16.4 Å². The lowest BCUT2D eigenvalue weighted by Gasteiger charge is -2.14. The molecule has 1 heterocycles. The fraction of sp³-hybridized carbons (Fsp3) is 0.800. The molecule has 0 aromatic rings. The summed E-state index contributed by atoms with van der Waals surface area (Å²) in [5, 5.41) is 5.36. The van der Waals surface area contributed by atoms with Crippen LogP contribution in [-0.4, -0.2) is 55.5 Å². The molecule has 0 bridgehead atoms. The smallest absolute Gasteiger partial charge is 0.234 e. The van der Waals surface area contributed by atoms with Crippen molar-refractivity contribution in [3.05, 3.63) is 0 Å². The first-order valence-electron chi connectivity index (χ1n) is 5.57. The largest absolute Gasteiger partial charge is 0.355 e. The fourth-order valence-corrected chi connectivity index (χ4v) is 1.71. The molecule has 0 radical (unpaired) electrons. The molecule has 1 fully saturated rings. The van der Waals surface area contributed by atoms with E-state index in [2.05, 4.69) is 10.6 Å². The lowest BCUT2D eigenvalue weighted by molar-refractivity contribution is -0.122. The molecule has 0 aliphatic carbocycles. The molecule has 1 atom stereocenters. The zero-order chi connectivity index (χ0) is 12.0. The molecule has 0 spiro atoms. The molecule has 6 nitrogen and oxygen atoms in total. The number of hydrogen-bond donors (Lipinski definition) is 3. The van der Waals surface area contributed by atoms with Crippen molar-refractivity contribution >= 4 is 11.8 Å². The summed E-state index contributed by atoms with van der Waals surface area (Å²) in [5.74, 6) is -0.0979. The summed E-state index contributed by atoms with van der Waals surface area (Å²) >= 11 is 0. The van der Waals surface area contributed by atoms with Gasteiger partial charge in [-0.3, -0.25) is 14.5 Å². The maximum absolute atomic E-state index is 11.4. The normalized spacial score (nSPS) is 20.8. The van der Waals surface area contributed by atoms with Crippen LogP contribution in [0.4, 0.5) is 0 Å². The van der Waals surface area contributed by atoms with Crippen LogP contribution in [0.5, 0.6) is 0 Å². The molecular formula is C10H20N4O2. The molecule has 6 heteroatoms. The maximum Gasteiger partial charge on any atom is 0.234 e. The number of carbonyl (C=O) groups excluding carboxylic acids is 2. The predicted octanol–water partition coefficient (Wildman–Crippen LogP) is -1.73. The molecule has 0 aromatic heterocycles. The monoisotopic (exact) mass is 228 g/mol. The second-order valence-electron chi connectivity index (χ2n) is 4.12. The average Bonchev–Trinajstić information content (AvgIpc) is 2.58. The van der Waals surface area contributed by atoms with Crippen LogP contribution >= 0.6 is 0 Å². The standard InChI is InChI=1S/C10H20N4O2/c1-8(15)12-3-4-13-10(16)7-14-5-2-9(11)6-14/h9H,2-7,11H2,1H3,(H,12,15)(H,13,16). The summed E-state index contributed by atoms with van der Waals surface area (Å²) in [6.07, 6.45) is 0.958. The van der Waals surface area contributed by atoms with Gasteiger partial charge in [-0.05, 0) is 6.42 Å². The highest BCUT2D eigenvalue weighted by Gasteiger charge is 2.20. The van der Waals surface area contributed by atoms with Crippen molar-refractivity contribution in [3.8, 4) is 0 Å². The Hall–Kier alpha value is -1.14. The first-order chi connectivity index (χ1) is 7.58. The zero-order valence-corrected chi connectivity index (χ0v) is 9.66. The van der Waals surface area contributed by atoms with E-state index in [0.29, 0.717) is 19.6 Å². The van der Waals surface area contributed by atoms with E-state index in [9.17, 15) is 9.59 Å². The first-order valence-corrected chi connectivity index (χ1v) is 5.57. The second kappa shape index (κ2) is 6.44. The number of hydrogen-bond acceptors (Lipinski definition) is 4. The number of nitrogens with one attached hydrogen (secondary N) is 2. The van der Waals surface area contributed by atoms with Crippen LogP contribution in [0.1, 0.15) is 13.3 Å². The Morgan fingerprint density at radius 2 is 2.06 bits per heavy atom. The number of rotatable bonds is 5. The molecule has 1 saturated heterocycles. The number of amides is 2. The van der Waals surface area contributed by atoms with Gasteiger partial charge in [0.1, 0.15) is 0 Å². The molecular weight excluding hydrogens is 208 g/mol. The van der Waals surface area contributed by atoms with Crippen LogP contribution < -0.4 is 16.4 Å². The van der Waals surface area contributed by atoms with Gasteiger partial charge in [0.25, 0.3) is 0 Å². The van der Waals surface area contributed by atoms with Crippen molar-refractivity contribution in [2.45, 2.75) is 19.4 Å².